The minimum Gasteiger partial charge on any atom is -0.312 e. The maximum atomic E-state index is 5.87. The van der Waals surface area contributed by atoms with Gasteiger partial charge in [0, 0.05) is 11.6 Å². The van der Waals surface area contributed by atoms with Gasteiger partial charge in [0.1, 0.15) is 0 Å². The van der Waals surface area contributed by atoms with Crippen molar-refractivity contribution in [2.45, 2.75) is 26.8 Å². The van der Waals surface area contributed by atoms with Crippen LogP contribution in [-0.2, 0) is 13.0 Å². The number of aryl methyl sites for hydroxylation is 2. The second-order valence-corrected chi connectivity index (χ2v) is 5.42. The van der Waals surface area contributed by atoms with E-state index < -0.39 is 0 Å². The van der Waals surface area contributed by atoms with Gasteiger partial charge in [-0.05, 0) is 55.6 Å². The summed E-state index contributed by atoms with van der Waals surface area (Å²) in [7, 11) is 0. The maximum Gasteiger partial charge on any atom is 0.0406 e. The number of hydrogen-bond donors (Lipinski definition) is 1. The Morgan fingerprint density at radius 3 is 2.47 bits per heavy atom. The average molecular weight is 274 g/mol. The molecular weight excluding hydrogens is 254 g/mol. The van der Waals surface area contributed by atoms with Gasteiger partial charge in [-0.25, -0.2) is 0 Å². The Hall–Kier alpha value is -1.31. The summed E-state index contributed by atoms with van der Waals surface area (Å²) >= 11 is 5.87. The first kappa shape index (κ1) is 14.1. The molecule has 0 aliphatic heterocycles. The second-order valence-electron chi connectivity index (χ2n) is 4.98. The van der Waals surface area contributed by atoms with E-state index in [4.69, 9.17) is 11.6 Å². The SMILES string of the molecule is Cc1ccc(C)c(CNCCc2ccc(Cl)cc2)c1. The lowest BCUT2D eigenvalue weighted by Gasteiger charge is -2.09. The Morgan fingerprint density at radius 2 is 1.74 bits per heavy atom. The zero-order valence-corrected chi connectivity index (χ0v) is 12.3. The van der Waals surface area contributed by atoms with Crippen LogP contribution in [0.1, 0.15) is 22.3 Å². The van der Waals surface area contributed by atoms with E-state index >= 15 is 0 Å². The van der Waals surface area contributed by atoms with Crippen LogP contribution in [0.3, 0.4) is 0 Å². The van der Waals surface area contributed by atoms with Gasteiger partial charge in [-0.3, -0.25) is 0 Å². The van der Waals surface area contributed by atoms with Gasteiger partial charge in [0.05, 0.1) is 0 Å². The highest BCUT2D eigenvalue weighted by Gasteiger charge is 1.99. The molecule has 0 amide bonds. The first-order valence-corrected chi connectivity index (χ1v) is 7.04. The van der Waals surface area contributed by atoms with Crippen molar-refractivity contribution in [2.75, 3.05) is 6.54 Å². The fourth-order valence-corrected chi connectivity index (χ4v) is 2.22. The molecule has 2 heteroatoms. The molecule has 100 valence electrons. The molecular formula is C17H20ClN. The lowest BCUT2D eigenvalue weighted by molar-refractivity contribution is 0.684. The Labute approximate surface area is 120 Å². The van der Waals surface area contributed by atoms with Crippen molar-refractivity contribution < 1.29 is 0 Å². The fourth-order valence-electron chi connectivity index (χ4n) is 2.10. The third-order valence-corrected chi connectivity index (χ3v) is 3.58. The first-order chi connectivity index (χ1) is 9.15. The molecule has 0 fully saturated rings. The summed E-state index contributed by atoms with van der Waals surface area (Å²) in [6.45, 7) is 6.21. The highest BCUT2D eigenvalue weighted by molar-refractivity contribution is 6.30. The van der Waals surface area contributed by atoms with Gasteiger partial charge >= 0.3 is 0 Å². The van der Waals surface area contributed by atoms with Crippen molar-refractivity contribution in [3.63, 3.8) is 0 Å². The minimum atomic E-state index is 0.798. The summed E-state index contributed by atoms with van der Waals surface area (Å²) in [5.74, 6) is 0. The van der Waals surface area contributed by atoms with Gasteiger partial charge in [-0.2, -0.15) is 0 Å². The number of halogens is 1. The molecule has 0 saturated heterocycles. The molecule has 0 spiro atoms. The van der Waals surface area contributed by atoms with Crippen LogP contribution in [0.4, 0.5) is 0 Å². The smallest absolute Gasteiger partial charge is 0.0406 e. The van der Waals surface area contributed by atoms with Crippen molar-refractivity contribution >= 4 is 11.6 Å². The molecule has 2 aromatic carbocycles. The van der Waals surface area contributed by atoms with E-state index in [0.717, 1.165) is 24.5 Å². The molecule has 0 aliphatic carbocycles. The molecule has 0 radical (unpaired) electrons. The van der Waals surface area contributed by atoms with Crippen LogP contribution in [0.5, 0.6) is 0 Å². The summed E-state index contributed by atoms with van der Waals surface area (Å²) < 4.78 is 0. The van der Waals surface area contributed by atoms with Gasteiger partial charge in [0.25, 0.3) is 0 Å². The topological polar surface area (TPSA) is 12.0 Å². The highest BCUT2D eigenvalue weighted by Crippen LogP contribution is 2.11. The van der Waals surface area contributed by atoms with Crippen LogP contribution in [0, 0.1) is 13.8 Å². The molecule has 2 rings (SSSR count). The monoisotopic (exact) mass is 273 g/mol. The first-order valence-electron chi connectivity index (χ1n) is 6.66. The molecule has 2 aromatic rings. The van der Waals surface area contributed by atoms with Crippen LogP contribution < -0.4 is 5.32 Å². The summed E-state index contributed by atoms with van der Waals surface area (Å²) in [4.78, 5) is 0. The van der Waals surface area contributed by atoms with Crippen LogP contribution in [-0.4, -0.2) is 6.54 Å². The molecule has 0 saturated carbocycles. The fraction of sp³-hybridized carbons (Fsp3) is 0.294. The average Bonchev–Trinajstić information content (AvgIpc) is 2.40. The van der Waals surface area contributed by atoms with Gasteiger partial charge in [0.2, 0.25) is 0 Å². The number of rotatable bonds is 5. The van der Waals surface area contributed by atoms with E-state index in [1.165, 1.54) is 22.3 Å². The van der Waals surface area contributed by atoms with Crippen molar-refractivity contribution in [3.05, 3.63) is 69.7 Å². The molecule has 1 nitrogen and oxygen atoms in total. The predicted molar refractivity (Wildman–Crippen MR) is 82.8 cm³/mol. The number of nitrogens with one attached hydrogen (secondary N) is 1. The largest absolute Gasteiger partial charge is 0.312 e. The molecule has 0 aliphatic rings. The number of benzene rings is 2. The normalized spacial score (nSPS) is 10.7. The summed E-state index contributed by atoms with van der Waals surface area (Å²) in [6.07, 6.45) is 1.03. The van der Waals surface area contributed by atoms with Gasteiger partial charge in [-0.15, -0.1) is 0 Å². The van der Waals surface area contributed by atoms with E-state index in [1.54, 1.807) is 0 Å². The lowest BCUT2D eigenvalue weighted by Crippen LogP contribution is -2.17. The third kappa shape index (κ3) is 4.38. The number of hydrogen-bond acceptors (Lipinski definition) is 1. The predicted octanol–water partition coefficient (Wildman–Crippen LogP) is 4.29. The zero-order chi connectivity index (χ0) is 13.7. The molecule has 0 heterocycles. The van der Waals surface area contributed by atoms with Crippen LogP contribution >= 0.6 is 11.6 Å². The summed E-state index contributed by atoms with van der Waals surface area (Å²) in [5, 5.41) is 4.30. The molecule has 0 bridgehead atoms. The van der Waals surface area contributed by atoms with Crippen molar-refractivity contribution in [2.24, 2.45) is 0 Å². The Bertz CT molecular complexity index is 531. The minimum absolute atomic E-state index is 0.798. The second kappa shape index (κ2) is 6.74. The van der Waals surface area contributed by atoms with Crippen molar-refractivity contribution in [1.29, 1.82) is 0 Å². The molecule has 0 aromatic heterocycles. The highest BCUT2D eigenvalue weighted by atomic mass is 35.5. The van der Waals surface area contributed by atoms with Crippen molar-refractivity contribution in [3.8, 4) is 0 Å². The van der Waals surface area contributed by atoms with Crippen molar-refractivity contribution in [1.82, 2.24) is 5.32 Å². The molecule has 19 heavy (non-hydrogen) atoms. The molecule has 1 N–H and O–H groups in total. The zero-order valence-electron chi connectivity index (χ0n) is 11.5. The van der Waals surface area contributed by atoms with Crippen LogP contribution in [0.15, 0.2) is 42.5 Å². The van der Waals surface area contributed by atoms with Crippen LogP contribution in [0.2, 0.25) is 5.02 Å². The molecule has 0 unspecified atom stereocenters. The quantitative estimate of drug-likeness (QED) is 0.802. The molecule has 0 atom stereocenters. The van der Waals surface area contributed by atoms with Crippen LogP contribution in [0.25, 0.3) is 0 Å². The lowest BCUT2D eigenvalue weighted by atomic mass is 10.1. The maximum absolute atomic E-state index is 5.87. The van der Waals surface area contributed by atoms with Gasteiger partial charge in [0.15, 0.2) is 0 Å². The van der Waals surface area contributed by atoms with E-state index in [2.05, 4.69) is 49.5 Å². The standard InChI is InChI=1S/C17H20ClN/c1-13-3-4-14(2)16(11-13)12-19-10-9-15-5-7-17(18)8-6-15/h3-8,11,19H,9-10,12H2,1-2H3. The van der Waals surface area contributed by atoms with E-state index in [0.29, 0.717) is 0 Å². The van der Waals surface area contributed by atoms with Gasteiger partial charge in [-0.1, -0.05) is 47.5 Å². The third-order valence-electron chi connectivity index (χ3n) is 3.32. The Morgan fingerprint density at radius 1 is 1.00 bits per heavy atom. The Kier molecular flexibility index (Phi) is 5.00. The summed E-state index contributed by atoms with van der Waals surface area (Å²) in [6, 6.07) is 14.7. The Balaban J connectivity index is 1.80. The van der Waals surface area contributed by atoms with E-state index in [1.807, 2.05) is 12.1 Å². The van der Waals surface area contributed by atoms with E-state index in [-0.39, 0.29) is 0 Å². The van der Waals surface area contributed by atoms with Gasteiger partial charge < -0.3 is 5.32 Å². The summed E-state index contributed by atoms with van der Waals surface area (Å²) in [5.41, 5.74) is 5.37. The van der Waals surface area contributed by atoms with E-state index in [9.17, 15) is 0 Å².